The molecule has 0 N–H and O–H groups in total. The van der Waals surface area contributed by atoms with E-state index in [2.05, 4.69) is 72.7 Å². The maximum atomic E-state index is 12.7. The Morgan fingerprint density at radius 3 is 1.77 bits per heavy atom. The van der Waals surface area contributed by atoms with Crippen molar-refractivity contribution in [2.75, 3.05) is 44.4 Å². The zero-order valence-electron chi connectivity index (χ0n) is 30.6. The van der Waals surface area contributed by atoms with Gasteiger partial charge in [0.1, 0.15) is 0 Å². The van der Waals surface area contributed by atoms with E-state index in [1.807, 2.05) is 18.2 Å². The van der Waals surface area contributed by atoms with Crippen LogP contribution in [0.25, 0.3) is 31.7 Å². The molecule has 0 spiro atoms. The molecule has 1 aromatic heterocycles. The van der Waals surface area contributed by atoms with Gasteiger partial charge in [0.25, 0.3) is 0 Å². The van der Waals surface area contributed by atoms with Gasteiger partial charge in [-0.3, -0.25) is 0 Å². The zero-order valence-corrected chi connectivity index (χ0v) is 31.4. The quantitative estimate of drug-likeness (QED) is 0.0361. The van der Waals surface area contributed by atoms with Crippen LogP contribution >= 0.6 is 11.3 Å². The first-order chi connectivity index (χ1) is 25.9. The van der Waals surface area contributed by atoms with Gasteiger partial charge in [-0.05, 0) is 122 Å². The summed E-state index contributed by atoms with van der Waals surface area (Å²) in [5.41, 5.74) is 4.16. The summed E-state index contributed by atoms with van der Waals surface area (Å²) in [6, 6.07) is 25.3. The second-order valence-electron chi connectivity index (χ2n) is 13.3. The molecule has 1 aliphatic rings. The number of carbonyl (C=O) groups is 3. The lowest BCUT2D eigenvalue weighted by molar-refractivity contribution is -0.138. The molecule has 1 fully saturated rings. The summed E-state index contributed by atoms with van der Waals surface area (Å²) in [7, 11) is 0. The molecule has 0 bridgehead atoms. The Morgan fingerprint density at radius 1 is 0.623 bits per heavy atom. The van der Waals surface area contributed by atoms with E-state index in [0.717, 1.165) is 106 Å². The maximum Gasteiger partial charge on any atom is 0.338 e. The van der Waals surface area contributed by atoms with E-state index >= 15 is 0 Å². The number of unbranched alkanes of at least 4 members (excludes halogenated alkanes) is 6. The molecule has 9 heteroatoms. The monoisotopic (exact) mass is 737 g/mol. The molecule has 1 aliphatic heterocycles. The largest absolute Gasteiger partial charge is 0.463 e. The number of hydrogen-bond donors (Lipinski definition) is 0. The minimum atomic E-state index is -0.401. The average Bonchev–Trinajstić information content (AvgIpc) is 3.70. The van der Waals surface area contributed by atoms with E-state index in [0.29, 0.717) is 31.5 Å². The van der Waals surface area contributed by atoms with Crippen LogP contribution in [0.5, 0.6) is 0 Å². The van der Waals surface area contributed by atoms with Crippen molar-refractivity contribution in [2.45, 2.75) is 70.3 Å². The topological polar surface area (TPSA) is 91.4 Å². The fourth-order valence-electron chi connectivity index (χ4n) is 6.37. The van der Waals surface area contributed by atoms with Gasteiger partial charge in [0, 0.05) is 47.3 Å². The van der Waals surface area contributed by atoms with Gasteiger partial charge >= 0.3 is 17.9 Å². The minimum Gasteiger partial charge on any atom is -0.463 e. The number of benzene rings is 3. The van der Waals surface area contributed by atoms with Crippen molar-refractivity contribution in [3.05, 3.63) is 104 Å². The number of nitrogens with zero attached hydrogens (tertiary/aromatic N) is 1. The SMILES string of the molecule is C=CC(=O)OCCCCCCOC(=O)c1ccc2cc(-c3ccc(-c4ccc(N5CCC(OCCCCCCOC(=O)C=C)CC5)cc4)s3)ccc2c1. The second-order valence-corrected chi connectivity index (χ2v) is 14.3. The van der Waals surface area contributed by atoms with E-state index in [4.69, 9.17) is 18.9 Å². The molecular weight excluding hydrogens is 687 g/mol. The predicted molar refractivity (Wildman–Crippen MR) is 213 cm³/mol. The van der Waals surface area contributed by atoms with Gasteiger partial charge in [0.05, 0.1) is 31.5 Å². The summed E-state index contributed by atoms with van der Waals surface area (Å²) in [5.74, 6) is -1.07. The average molecular weight is 738 g/mol. The zero-order chi connectivity index (χ0) is 37.3. The van der Waals surface area contributed by atoms with Crippen LogP contribution in [-0.2, 0) is 28.5 Å². The van der Waals surface area contributed by atoms with Gasteiger partial charge < -0.3 is 23.8 Å². The minimum absolute atomic E-state index is 0.315. The third-order valence-electron chi connectivity index (χ3n) is 9.41. The van der Waals surface area contributed by atoms with Crippen LogP contribution in [0.1, 0.15) is 74.6 Å². The van der Waals surface area contributed by atoms with Crippen LogP contribution in [-0.4, -0.2) is 63.5 Å². The highest BCUT2D eigenvalue weighted by Crippen LogP contribution is 2.36. The Morgan fingerprint density at radius 2 is 1.15 bits per heavy atom. The van der Waals surface area contributed by atoms with E-state index in [9.17, 15) is 14.4 Å². The van der Waals surface area contributed by atoms with Crippen molar-refractivity contribution in [3.8, 4) is 20.9 Å². The number of anilines is 1. The third-order valence-corrected chi connectivity index (χ3v) is 10.6. The summed E-state index contributed by atoms with van der Waals surface area (Å²) in [6.45, 7) is 10.8. The Bertz CT molecular complexity index is 1810. The van der Waals surface area contributed by atoms with Gasteiger partial charge in [-0.1, -0.05) is 49.9 Å². The van der Waals surface area contributed by atoms with E-state index in [1.165, 1.54) is 27.1 Å². The van der Waals surface area contributed by atoms with Crippen LogP contribution in [0.15, 0.2) is 98.1 Å². The number of esters is 3. The summed E-state index contributed by atoms with van der Waals surface area (Å²) >= 11 is 1.78. The van der Waals surface area contributed by atoms with Crippen LogP contribution in [0.4, 0.5) is 5.69 Å². The molecular formula is C44H51NO7S. The number of carbonyl (C=O) groups excluding carboxylic acids is 3. The number of thiophene rings is 1. The molecule has 0 unspecified atom stereocenters. The van der Waals surface area contributed by atoms with Crippen LogP contribution in [0.3, 0.4) is 0 Å². The molecule has 0 atom stereocenters. The van der Waals surface area contributed by atoms with Crippen molar-refractivity contribution >= 4 is 45.7 Å². The highest BCUT2D eigenvalue weighted by Gasteiger charge is 2.20. The van der Waals surface area contributed by atoms with Crippen LogP contribution < -0.4 is 4.90 Å². The molecule has 0 saturated carbocycles. The second kappa shape index (κ2) is 21.1. The Kier molecular flexibility index (Phi) is 15.7. The van der Waals surface area contributed by atoms with E-state index < -0.39 is 5.97 Å². The fourth-order valence-corrected chi connectivity index (χ4v) is 7.38. The first kappa shape index (κ1) is 39.5. The number of ether oxygens (including phenoxy) is 4. The summed E-state index contributed by atoms with van der Waals surface area (Å²) < 4.78 is 21.7. The molecule has 8 nitrogen and oxygen atoms in total. The highest BCUT2D eigenvalue weighted by atomic mass is 32.1. The van der Waals surface area contributed by atoms with Crippen molar-refractivity contribution in [1.82, 2.24) is 0 Å². The molecule has 53 heavy (non-hydrogen) atoms. The Hall–Kier alpha value is -4.73. The lowest BCUT2D eigenvalue weighted by atomic mass is 10.0. The maximum absolute atomic E-state index is 12.7. The first-order valence-corrected chi connectivity index (χ1v) is 19.6. The Balaban J connectivity index is 1.03. The summed E-state index contributed by atoms with van der Waals surface area (Å²) in [5, 5.41) is 2.07. The summed E-state index contributed by atoms with van der Waals surface area (Å²) in [6.07, 6.45) is 12.1. The van der Waals surface area contributed by atoms with Gasteiger partial charge in [-0.2, -0.15) is 0 Å². The lowest BCUT2D eigenvalue weighted by Crippen LogP contribution is -2.37. The normalized spacial score (nSPS) is 13.1. The predicted octanol–water partition coefficient (Wildman–Crippen LogP) is 9.96. The molecule has 280 valence electrons. The number of piperidine rings is 1. The smallest absolute Gasteiger partial charge is 0.338 e. The molecule has 4 aromatic rings. The van der Waals surface area contributed by atoms with E-state index in [1.54, 1.807) is 11.3 Å². The van der Waals surface area contributed by atoms with Gasteiger partial charge in [-0.15, -0.1) is 11.3 Å². The lowest BCUT2D eigenvalue weighted by Gasteiger charge is -2.33. The third kappa shape index (κ3) is 12.4. The van der Waals surface area contributed by atoms with Gasteiger partial charge in [-0.25, -0.2) is 14.4 Å². The molecule has 3 aromatic carbocycles. The molecule has 0 amide bonds. The number of hydrogen-bond acceptors (Lipinski definition) is 9. The Labute approximate surface area is 317 Å². The molecule has 0 radical (unpaired) electrons. The number of fused-ring (bicyclic) bond motifs is 1. The van der Waals surface area contributed by atoms with Crippen molar-refractivity contribution in [3.63, 3.8) is 0 Å². The van der Waals surface area contributed by atoms with Crippen molar-refractivity contribution in [1.29, 1.82) is 0 Å². The van der Waals surface area contributed by atoms with Crippen molar-refractivity contribution in [2.24, 2.45) is 0 Å². The summed E-state index contributed by atoms with van der Waals surface area (Å²) in [4.78, 5) is 39.7. The molecule has 0 aliphatic carbocycles. The molecule has 1 saturated heterocycles. The first-order valence-electron chi connectivity index (χ1n) is 18.8. The molecule has 5 rings (SSSR count). The van der Waals surface area contributed by atoms with Crippen molar-refractivity contribution < 1.29 is 33.3 Å². The van der Waals surface area contributed by atoms with Crippen LogP contribution in [0, 0.1) is 0 Å². The number of rotatable bonds is 21. The van der Waals surface area contributed by atoms with Crippen LogP contribution in [0.2, 0.25) is 0 Å². The van der Waals surface area contributed by atoms with E-state index in [-0.39, 0.29) is 11.9 Å². The molecule has 2 heterocycles. The standard InChI is InChI=1S/C44H51NO7S/c1-3-42(46)50-28-10-6-5-9-27-49-39-23-25-45(26-24-39)38-19-17-33(18-20-38)40-21-22-41(53-40)36-15-13-35-32-37(16-14-34(35)31-36)44(48)52-30-12-8-7-11-29-51-43(47)4-2/h3-4,13-22,31-32,39H,1-2,5-12,23-30H2. The van der Waals surface area contributed by atoms with Gasteiger partial charge in [0.2, 0.25) is 0 Å². The fraction of sp³-hybridized carbons (Fsp3) is 0.386. The highest BCUT2D eigenvalue weighted by molar-refractivity contribution is 7.18. The van der Waals surface area contributed by atoms with Gasteiger partial charge in [0.15, 0.2) is 0 Å².